The number of aliphatic hydroxyl groups excluding tert-OH is 1. The molecule has 1 aliphatic heterocycles. The number of carbonyl (C=O) groups is 2. The number of rotatable bonds is 3. The van der Waals surface area contributed by atoms with E-state index in [2.05, 4.69) is 25.9 Å². The molecule has 4 aromatic rings. The van der Waals surface area contributed by atoms with E-state index in [-0.39, 0.29) is 48.3 Å². The molecule has 2 aliphatic rings. The highest BCUT2D eigenvalue weighted by Gasteiger charge is 2.31. The molecule has 1 aromatic carbocycles. The van der Waals surface area contributed by atoms with Gasteiger partial charge >= 0.3 is 6.18 Å². The number of hydrogen-bond acceptors (Lipinski definition) is 8. The minimum atomic E-state index is -4.57. The lowest BCUT2D eigenvalue weighted by molar-refractivity contribution is -0.137. The quantitative estimate of drug-likeness (QED) is 0.230. The first-order valence-corrected chi connectivity index (χ1v) is 14.5. The molecule has 6 N–H and O–H groups in total. The minimum absolute atomic E-state index is 0.0455. The summed E-state index contributed by atoms with van der Waals surface area (Å²) in [4.78, 5) is 33.6. The number of nitrogens with one attached hydrogen (secondary N) is 3. The van der Waals surface area contributed by atoms with Crippen molar-refractivity contribution >= 4 is 40.4 Å². The number of benzene rings is 1. The van der Waals surface area contributed by atoms with Crippen LogP contribution in [0.2, 0.25) is 0 Å². The summed E-state index contributed by atoms with van der Waals surface area (Å²) in [7, 11) is 0. The van der Waals surface area contributed by atoms with Gasteiger partial charge in [0.15, 0.2) is 0 Å². The van der Waals surface area contributed by atoms with Gasteiger partial charge in [-0.25, -0.2) is 9.97 Å². The van der Waals surface area contributed by atoms with Crippen LogP contribution in [0.5, 0.6) is 0 Å². The fourth-order valence-electron chi connectivity index (χ4n) is 5.86. The van der Waals surface area contributed by atoms with Gasteiger partial charge in [-0.3, -0.25) is 14.3 Å². The van der Waals surface area contributed by atoms with Crippen LogP contribution in [0.3, 0.4) is 0 Å². The van der Waals surface area contributed by atoms with Gasteiger partial charge in [0.25, 0.3) is 5.91 Å². The number of nitrogen functional groups attached to an aromatic ring is 1. The number of pyridine rings is 2. The van der Waals surface area contributed by atoms with Crippen molar-refractivity contribution in [2.45, 2.75) is 50.0 Å². The molecule has 1 fully saturated rings. The molecule has 3 aromatic heterocycles. The summed E-state index contributed by atoms with van der Waals surface area (Å²) in [6.45, 7) is 0.290. The molecule has 1 saturated carbocycles. The van der Waals surface area contributed by atoms with Crippen LogP contribution in [0, 0.1) is 0 Å². The summed E-state index contributed by atoms with van der Waals surface area (Å²) >= 11 is 0. The Labute approximate surface area is 255 Å². The molecular weight excluding hydrogens is 589 g/mol. The minimum Gasteiger partial charge on any atom is -0.388 e. The van der Waals surface area contributed by atoms with Crippen LogP contribution in [-0.2, 0) is 11.0 Å². The van der Waals surface area contributed by atoms with Crippen LogP contribution in [-0.4, -0.2) is 61.9 Å². The fourth-order valence-corrected chi connectivity index (χ4v) is 5.86. The van der Waals surface area contributed by atoms with Gasteiger partial charge in [0.2, 0.25) is 5.91 Å². The van der Waals surface area contributed by atoms with Crippen molar-refractivity contribution in [2.75, 3.05) is 24.1 Å². The highest BCUT2D eigenvalue weighted by Crippen LogP contribution is 2.39. The Bertz CT molecular complexity index is 1770. The first-order valence-electron chi connectivity index (χ1n) is 14.5. The Morgan fingerprint density at radius 2 is 1.93 bits per heavy atom. The summed E-state index contributed by atoms with van der Waals surface area (Å²) in [6, 6.07) is 7.96. The Hall–Kier alpha value is -4.82. The van der Waals surface area contributed by atoms with Crippen molar-refractivity contribution in [1.29, 1.82) is 0 Å². The molecule has 2 amide bonds. The van der Waals surface area contributed by atoms with Crippen LogP contribution in [0.1, 0.15) is 53.2 Å². The molecule has 11 nitrogen and oxygen atoms in total. The summed E-state index contributed by atoms with van der Waals surface area (Å²) in [5.41, 5.74) is 8.35. The highest BCUT2D eigenvalue weighted by atomic mass is 19.4. The van der Waals surface area contributed by atoms with E-state index >= 15 is 0 Å². The van der Waals surface area contributed by atoms with Crippen LogP contribution < -0.4 is 21.7 Å². The molecule has 2 bridgehead atoms. The van der Waals surface area contributed by atoms with Crippen molar-refractivity contribution in [3.05, 3.63) is 71.6 Å². The number of carbonyl (C=O) groups excluding carboxylic acids is 2. The zero-order chi connectivity index (χ0) is 31.7. The lowest BCUT2D eigenvalue weighted by atomic mass is 9.90. The van der Waals surface area contributed by atoms with E-state index in [9.17, 15) is 27.9 Å². The molecule has 1 aliphatic carbocycles. The Balaban J connectivity index is 1.37. The summed E-state index contributed by atoms with van der Waals surface area (Å²) in [5.74, 6) is -0.730. The van der Waals surface area contributed by atoms with Crippen LogP contribution in [0.25, 0.3) is 28.2 Å². The normalized spacial score (nSPS) is 21.5. The van der Waals surface area contributed by atoms with E-state index in [1.807, 2.05) is 4.68 Å². The van der Waals surface area contributed by atoms with Crippen molar-refractivity contribution in [3.8, 4) is 11.3 Å². The predicted octanol–water partition coefficient (Wildman–Crippen LogP) is 3.92. The lowest BCUT2D eigenvalue weighted by Gasteiger charge is -2.30. The third-order valence-corrected chi connectivity index (χ3v) is 8.03. The van der Waals surface area contributed by atoms with Gasteiger partial charge in [0.05, 0.1) is 35.2 Å². The molecule has 0 unspecified atom stereocenters. The maximum absolute atomic E-state index is 13.1. The summed E-state index contributed by atoms with van der Waals surface area (Å²) in [6.07, 6.45) is 3.81. The monoisotopic (exact) mass is 620 g/mol. The van der Waals surface area contributed by atoms with E-state index in [0.29, 0.717) is 28.6 Å². The molecule has 0 spiro atoms. The summed E-state index contributed by atoms with van der Waals surface area (Å²) in [5, 5.41) is 24.6. The van der Waals surface area contributed by atoms with Gasteiger partial charge < -0.3 is 26.8 Å². The molecule has 234 valence electrons. The van der Waals surface area contributed by atoms with Gasteiger partial charge in [0, 0.05) is 41.7 Å². The van der Waals surface area contributed by atoms with Gasteiger partial charge in [-0.05, 0) is 49.9 Å². The maximum Gasteiger partial charge on any atom is 0.416 e. The average Bonchev–Trinajstić information content (AvgIpc) is 3.42. The Kier molecular flexibility index (Phi) is 8.25. The van der Waals surface area contributed by atoms with Gasteiger partial charge in [-0.2, -0.15) is 18.3 Å². The number of anilines is 2. The number of aliphatic hydroxyl groups is 1. The van der Waals surface area contributed by atoms with Gasteiger partial charge in [-0.1, -0.05) is 24.3 Å². The smallest absolute Gasteiger partial charge is 0.388 e. The summed E-state index contributed by atoms with van der Waals surface area (Å²) < 4.78 is 41.2. The van der Waals surface area contributed by atoms with Crippen molar-refractivity contribution in [1.82, 2.24) is 30.4 Å². The number of nitrogens with two attached hydrogens (primary N) is 1. The van der Waals surface area contributed by atoms with Crippen molar-refractivity contribution in [3.63, 3.8) is 0 Å². The molecule has 6 rings (SSSR count). The lowest BCUT2D eigenvalue weighted by Crippen LogP contribution is -2.44. The van der Waals surface area contributed by atoms with Gasteiger partial charge in [-0.15, -0.1) is 0 Å². The highest BCUT2D eigenvalue weighted by molar-refractivity contribution is 6.06. The van der Waals surface area contributed by atoms with Crippen LogP contribution >= 0.6 is 0 Å². The molecule has 4 heterocycles. The topological polar surface area (TPSA) is 160 Å². The number of nitrogens with zero attached hydrogens (tertiary/aromatic N) is 4. The van der Waals surface area contributed by atoms with Gasteiger partial charge in [0.1, 0.15) is 17.3 Å². The molecule has 0 radical (unpaired) electrons. The van der Waals surface area contributed by atoms with Crippen molar-refractivity contribution in [2.24, 2.45) is 0 Å². The molecule has 0 saturated heterocycles. The Morgan fingerprint density at radius 3 is 2.71 bits per heavy atom. The largest absolute Gasteiger partial charge is 0.416 e. The standard InChI is InChI=1S/C31H31F3N8O3/c32-31(33,34)20-10-11-37-24(12-20)40-30(45)18-6-4-17(5-7-18)27-26-28-19(14-38-29(26)35)8-9-23(43)15-36-16-25(44)39-21-2-1-3-22(13-21)42(28)41-27/h4-12,14,21-23,36,43H,1-3,13,15-16H2,(H2,35,38)(H,39,44)(H,37,40,45)/b9-8+/t21-,22-,23+/m1/s1. The third-order valence-electron chi connectivity index (χ3n) is 8.03. The average molecular weight is 621 g/mol. The molecule has 3 atom stereocenters. The van der Waals surface area contributed by atoms with Crippen LogP contribution in [0.15, 0.2) is 54.9 Å². The fraction of sp³-hybridized carbons (Fsp3) is 0.323. The molecule has 14 heteroatoms. The van der Waals surface area contributed by atoms with E-state index in [1.165, 1.54) is 0 Å². The van der Waals surface area contributed by atoms with E-state index < -0.39 is 23.8 Å². The third kappa shape index (κ3) is 6.51. The first kappa shape index (κ1) is 30.2. The van der Waals surface area contributed by atoms with E-state index in [4.69, 9.17) is 10.8 Å². The van der Waals surface area contributed by atoms with E-state index in [0.717, 1.165) is 43.1 Å². The number of β-amino-alcohol motifs (C(OH)–C–C–N with tert-alkyl or cyclic N) is 1. The second kappa shape index (κ2) is 12.3. The number of alkyl halides is 3. The SMILES string of the molecule is Nc1ncc2c3c1c(-c1ccc(C(=O)Nc4cc(C(F)(F)F)ccn4)cc1)nn3[C@@H]1CCC[C@H](C1)NC(=O)CNC[C@@H](O)/C=C/2. The molecular formula is C31H31F3N8O3. The second-order valence-corrected chi connectivity index (χ2v) is 11.2. The number of aromatic nitrogens is 4. The number of halogens is 3. The van der Waals surface area contributed by atoms with E-state index in [1.54, 1.807) is 42.6 Å². The van der Waals surface area contributed by atoms with Crippen molar-refractivity contribution < 1.29 is 27.9 Å². The molecule has 45 heavy (non-hydrogen) atoms. The van der Waals surface area contributed by atoms with Crippen LogP contribution in [0.4, 0.5) is 24.8 Å². The number of fused-ring (bicyclic) bond motifs is 3. The number of hydrogen-bond donors (Lipinski definition) is 5. The zero-order valence-corrected chi connectivity index (χ0v) is 24.0. The first-order chi connectivity index (χ1) is 21.6. The maximum atomic E-state index is 13.1. The number of amides is 2. The zero-order valence-electron chi connectivity index (χ0n) is 24.0. The Morgan fingerprint density at radius 1 is 1.13 bits per heavy atom. The second-order valence-electron chi connectivity index (χ2n) is 11.2. The predicted molar refractivity (Wildman–Crippen MR) is 162 cm³/mol.